The van der Waals surface area contributed by atoms with E-state index < -0.39 is 5.41 Å². The van der Waals surface area contributed by atoms with Gasteiger partial charge in [0.05, 0.1) is 31.5 Å². The largest absolute Gasteiger partial charge is 0.379 e. The Morgan fingerprint density at radius 2 is 1.94 bits per heavy atom. The molecule has 0 radical (unpaired) electrons. The highest BCUT2D eigenvalue weighted by atomic mass is 32.2. The van der Waals surface area contributed by atoms with Crippen LogP contribution in [0.4, 0.5) is 10.5 Å². The van der Waals surface area contributed by atoms with E-state index in [0.29, 0.717) is 31.0 Å². The van der Waals surface area contributed by atoms with E-state index >= 15 is 0 Å². The topological polar surface area (TPSA) is 74.8 Å². The lowest BCUT2D eigenvalue weighted by Crippen LogP contribution is -2.62. The lowest BCUT2D eigenvalue weighted by atomic mass is 9.73. The van der Waals surface area contributed by atoms with Crippen LogP contribution in [0, 0.1) is 5.41 Å². The number of nitrogens with one attached hydrogen (secondary N) is 1. The number of hydrogen-bond acceptors (Lipinski definition) is 6. The summed E-state index contributed by atoms with van der Waals surface area (Å²) in [5.74, 6) is 0.0600. The summed E-state index contributed by atoms with van der Waals surface area (Å²) in [4.78, 5) is 36.8. The summed E-state index contributed by atoms with van der Waals surface area (Å²) in [6.45, 7) is 7.67. The molecule has 0 saturated carbocycles. The van der Waals surface area contributed by atoms with Crippen molar-refractivity contribution in [3.05, 3.63) is 59.9 Å². The number of ether oxygens (including phenoxy) is 1. The second kappa shape index (κ2) is 10.7. The van der Waals surface area contributed by atoms with Crippen LogP contribution < -0.4 is 5.32 Å². The molecule has 8 heteroatoms. The smallest absolute Gasteiger partial charge is 0.322 e. The highest BCUT2D eigenvalue weighted by Crippen LogP contribution is 2.36. The van der Waals surface area contributed by atoms with Crippen molar-refractivity contribution in [2.45, 2.75) is 24.8 Å². The van der Waals surface area contributed by atoms with Crippen molar-refractivity contribution in [1.29, 1.82) is 0 Å². The van der Waals surface area contributed by atoms with E-state index in [-0.39, 0.29) is 24.4 Å². The van der Waals surface area contributed by atoms with Crippen molar-refractivity contribution in [3.8, 4) is 0 Å². The van der Waals surface area contributed by atoms with E-state index in [1.807, 2.05) is 73.5 Å². The number of carbonyl (C=O) groups is 2. The predicted octanol–water partition coefficient (Wildman–Crippen LogP) is 4.03. The van der Waals surface area contributed by atoms with Gasteiger partial charge in [-0.05, 0) is 48.7 Å². The fraction of sp³-hybridized carbons (Fsp3) is 0.423. The third kappa shape index (κ3) is 5.51. The van der Waals surface area contributed by atoms with E-state index in [1.54, 1.807) is 18.0 Å². The monoisotopic (exact) mass is 480 g/mol. The quantitative estimate of drug-likeness (QED) is 0.515. The molecule has 2 saturated heterocycles. The molecule has 1 atom stereocenters. The first-order valence-corrected chi connectivity index (χ1v) is 12.8. The minimum Gasteiger partial charge on any atom is -0.379 e. The lowest BCUT2D eigenvalue weighted by Gasteiger charge is -2.48. The Hall–Kier alpha value is -2.68. The Morgan fingerprint density at radius 1 is 1.21 bits per heavy atom. The Balaban J connectivity index is 1.63. The van der Waals surface area contributed by atoms with Crippen molar-refractivity contribution in [1.82, 2.24) is 14.8 Å². The third-order valence-electron chi connectivity index (χ3n) is 6.57. The maximum Gasteiger partial charge on any atom is 0.322 e. The van der Waals surface area contributed by atoms with Crippen LogP contribution >= 0.6 is 11.8 Å². The highest BCUT2D eigenvalue weighted by molar-refractivity contribution is 7.98. The summed E-state index contributed by atoms with van der Waals surface area (Å²) in [5, 5.41) is 3.05. The minimum absolute atomic E-state index is 0.0600. The number of nitrogens with zero attached hydrogens (tertiary/aromatic N) is 3. The standard InChI is InChI=1S/C26H32N4O3S/c1-26(2)23(18-29-12-14-33-15-13-29)30(25(32)28-20-7-9-22(34-3)10-8-20)17-19(24(26)31)16-21-6-4-5-11-27-21/h4-11,16,23H,12-15,17-18H2,1-3H3,(H,28,32). The molecule has 34 heavy (non-hydrogen) atoms. The molecule has 2 aliphatic heterocycles. The first-order chi connectivity index (χ1) is 16.4. The van der Waals surface area contributed by atoms with Crippen molar-refractivity contribution in [2.24, 2.45) is 5.41 Å². The van der Waals surface area contributed by atoms with Crippen molar-refractivity contribution in [3.63, 3.8) is 0 Å². The summed E-state index contributed by atoms with van der Waals surface area (Å²) in [6, 6.07) is 12.9. The molecule has 4 rings (SSSR count). The molecule has 0 spiro atoms. The number of carbonyl (C=O) groups excluding carboxylic acids is 2. The molecule has 2 fully saturated rings. The van der Waals surface area contributed by atoms with Gasteiger partial charge in [0.15, 0.2) is 5.78 Å². The fourth-order valence-electron chi connectivity index (χ4n) is 4.51. The molecule has 3 heterocycles. The Kier molecular flexibility index (Phi) is 7.70. The summed E-state index contributed by atoms with van der Waals surface area (Å²) >= 11 is 1.66. The number of urea groups is 1. The number of piperidine rings is 1. The number of ketones is 1. The Morgan fingerprint density at radius 3 is 2.59 bits per heavy atom. The van der Waals surface area contributed by atoms with Gasteiger partial charge in [0.2, 0.25) is 0 Å². The first kappa shape index (κ1) is 24.4. The predicted molar refractivity (Wildman–Crippen MR) is 136 cm³/mol. The number of hydrogen-bond donors (Lipinski definition) is 1. The number of Topliss-reactive ketones (excluding diaryl/α,β-unsaturated/α-hetero) is 1. The highest BCUT2D eigenvalue weighted by Gasteiger charge is 2.48. The van der Waals surface area contributed by atoms with Crippen LogP contribution in [-0.4, -0.2) is 78.3 Å². The molecule has 2 aromatic rings. The molecule has 1 N–H and O–H groups in total. The molecular weight excluding hydrogens is 448 g/mol. The van der Waals surface area contributed by atoms with Crippen LogP contribution in [0.5, 0.6) is 0 Å². The van der Waals surface area contributed by atoms with E-state index in [9.17, 15) is 9.59 Å². The summed E-state index contributed by atoms with van der Waals surface area (Å²) < 4.78 is 5.50. The summed E-state index contributed by atoms with van der Waals surface area (Å²) in [5.41, 5.74) is 1.28. The number of aromatic nitrogens is 1. The number of rotatable bonds is 5. The van der Waals surface area contributed by atoms with Crippen LogP contribution in [0.3, 0.4) is 0 Å². The van der Waals surface area contributed by atoms with Gasteiger partial charge < -0.3 is 15.0 Å². The number of benzene rings is 1. The summed E-state index contributed by atoms with van der Waals surface area (Å²) in [6.07, 6.45) is 5.53. The average Bonchev–Trinajstić information content (AvgIpc) is 2.85. The van der Waals surface area contributed by atoms with Crippen molar-refractivity contribution in [2.75, 3.05) is 51.0 Å². The number of pyridine rings is 1. The van der Waals surface area contributed by atoms with Gasteiger partial charge in [-0.2, -0.15) is 0 Å². The van der Waals surface area contributed by atoms with E-state index in [0.717, 1.165) is 23.7 Å². The SMILES string of the molecule is CSc1ccc(NC(=O)N2CC(=Cc3ccccn3)C(=O)C(C)(C)C2CN2CCOCC2)cc1. The first-order valence-electron chi connectivity index (χ1n) is 11.6. The van der Waals surface area contributed by atoms with Crippen LogP contribution in [0.25, 0.3) is 6.08 Å². The second-order valence-electron chi connectivity index (χ2n) is 9.19. The number of likely N-dealkylation sites (tertiary alicyclic amines) is 1. The fourth-order valence-corrected chi connectivity index (χ4v) is 4.92. The molecule has 0 bridgehead atoms. The average molecular weight is 481 g/mol. The molecule has 1 unspecified atom stereocenters. The van der Waals surface area contributed by atoms with Gasteiger partial charge in [-0.3, -0.25) is 14.7 Å². The summed E-state index contributed by atoms with van der Waals surface area (Å²) in [7, 11) is 0. The molecule has 1 aromatic carbocycles. The van der Waals surface area contributed by atoms with Gasteiger partial charge in [-0.25, -0.2) is 4.79 Å². The van der Waals surface area contributed by atoms with Gasteiger partial charge in [0.25, 0.3) is 0 Å². The van der Waals surface area contributed by atoms with Crippen LogP contribution in [-0.2, 0) is 9.53 Å². The molecule has 2 aliphatic rings. The molecule has 7 nitrogen and oxygen atoms in total. The molecule has 180 valence electrons. The number of amides is 2. The molecule has 2 amide bonds. The minimum atomic E-state index is -0.753. The number of thioether (sulfide) groups is 1. The van der Waals surface area contributed by atoms with Gasteiger partial charge in [0.1, 0.15) is 0 Å². The zero-order chi connectivity index (χ0) is 24.1. The third-order valence-corrected chi connectivity index (χ3v) is 7.32. The van der Waals surface area contributed by atoms with E-state index in [1.165, 1.54) is 0 Å². The number of morpholine rings is 1. The normalized spacial score (nSPS) is 22.1. The van der Waals surface area contributed by atoms with Gasteiger partial charge >= 0.3 is 6.03 Å². The van der Waals surface area contributed by atoms with Gasteiger partial charge in [0, 0.05) is 47.4 Å². The molecule has 1 aromatic heterocycles. The molecular formula is C26H32N4O3S. The Bertz CT molecular complexity index is 1030. The zero-order valence-electron chi connectivity index (χ0n) is 20.0. The maximum absolute atomic E-state index is 13.6. The Labute approximate surface area is 205 Å². The van der Waals surface area contributed by atoms with Gasteiger partial charge in [-0.15, -0.1) is 11.8 Å². The van der Waals surface area contributed by atoms with Gasteiger partial charge in [-0.1, -0.05) is 19.9 Å². The zero-order valence-corrected chi connectivity index (χ0v) is 20.8. The molecule has 0 aliphatic carbocycles. The van der Waals surface area contributed by atoms with E-state index in [2.05, 4.69) is 15.2 Å². The van der Waals surface area contributed by atoms with E-state index in [4.69, 9.17) is 4.74 Å². The van der Waals surface area contributed by atoms with Crippen LogP contribution in [0.2, 0.25) is 0 Å². The lowest BCUT2D eigenvalue weighted by molar-refractivity contribution is -0.129. The number of anilines is 1. The maximum atomic E-state index is 13.6. The van der Waals surface area contributed by atoms with Crippen molar-refractivity contribution >= 4 is 35.3 Å². The second-order valence-corrected chi connectivity index (χ2v) is 10.1. The van der Waals surface area contributed by atoms with Crippen LogP contribution in [0.1, 0.15) is 19.5 Å². The van der Waals surface area contributed by atoms with Crippen LogP contribution in [0.15, 0.2) is 59.1 Å². The van der Waals surface area contributed by atoms with Crippen molar-refractivity contribution < 1.29 is 14.3 Å².